The molecule has 1 aromatic heterocycles. The van der Waals surface area contributed by atoms with Crippen LogP contribution in [0.1, 0.15) is 22.4 Å². The Bertz CT molecular complexity index is 424. The average Bonchev–Trinajstić information content (AvgIpc) is 2.68. The van der Waals surface area contributed by atoms with Crippen LogP contribution in [0.25, 0.3) is 0 Å². The van der Waals surface area contributed by atoms with E-state index in [4.69, 9.17) is 4.74 Å². The van der Waals surface area contributed by atoms with E-state index < -0.39 is 0 Å². The summed E-state index contributed by atoms with van der Waals surface area (Å²) in [6.07, 6.45) is -0.0371. The van der Waals surface area contributed by atoms with Crippen LogP contribution in [-0.2, 0) is 4.74 Å². The summed E-state index contributed by atoms with van der Waals surface area (Å²) in [5, 5.41) is 3.06. The second-order valence-electron chi connectivity index (χ2n) is 3.35. The Morgan fingerprint density at radius 3 is 2.53 bits per heavy atom. The van der Waals surface area contributed by atoms with Gasteiger partial charge in [0.25, 0.3) is 0 Å². The lowest BCUT2D eigenvalue weighted by molar-refractivity contribution is 0.136. The third-order valence-corrected chi connectivity index (χ3v) is 3.20. The van der Waals surface area contributed by atoms with E-state index in [9.17, 15) is 0 Å². The highest BCUT2D eigenvalue weighted by Gasteiger charge is 2.15. The van der Waals surface area contributed by atoms with Gasteiger partial charge in [0, 0.05) is 18.2 Å². The molecule has 0 aliphatic carbocycles. The Balaban J connectivity index is 2.33. The molecule has 2 rings (SSSR count). The van der Waals surface area contributed by atoms with Gasteiger partial charge in [-0.15, -0.1) is 11.3 Å². The van der Waals surface area contributed by atoms with E-state index in [0.29, 0.717) is 0 Å². The van der Waals surface area contributed by atoms with Gasteiger partial charge in [-0.2, -0.15) is 0 Å². The molecule has 0 saturated carbocycles. The zero-order valence-electron chi connectivity index (χ0n) is 8.81. The first kappa shape index (κ1) is 10.3. The monoisotopic (exact) mass is 219 g/mol. The van der Waals surface area contributed by atoms with Crippen molar-refractivity contribution < 1.29 is 4.74 Å². The zero-order valence-corrected chi connectivity index (χ0v) is 9.62. The highest BCUT2D eigenvalue weighted by atomic mass is 32.1. The Morgan fingerprint density at radius 2 is 2.00 bits per heavy atom. The van der Waals surface area contributed by atoms with Gasteiger partial charge in [-0.1, -0.05) is 30.3 Å². The topological polar surface area (TPSA) is 22.1 Å². The van der Waals surface area contributed by atoms with E-state index in [0.717, 1.165) is 16.3 Å². The molecule has 1 heterocycles. The SMILES string of the molecule is COC(c1ccccc1)c1nc(C)cs1. The molecule has 0 N–H and O–H groups in total. The number of aromatic nitrogens is 1. The molecule has 0 aliphatic rings. The highest BCUT2D eigenvalue weighted by Crippen LogP contribution is 2.27. The lowest BCUT2D eigenvalue weighted by atomic mass is 10.1. The molecule has 15 heavy (non-hydrogen) atoms. The molecule has 0 spiro atoms. The standard InChI is InChI=1S/C12H13NOS/c1-9-8-15-12(13-9)11(14-2)10-6-4-3-5-7-10/h3-8,11H,1-2H3. The predicted molar refractivity (Wildman–Crippen MR) is 62.1 cm³/mol. The minimum Gasteiger partial charge on any atom is -0.370 e. The van der Waals surface area contributed by atoms with E-state index in [-0.39, 0.29) is 6.10 Å². The molecule has 1 unspecified atom stereocenters. The van der Waals surface area contributed by atoms with Crippen molar-refractivity contribution in [1.82, 2.24) is 4.98 Å². The molecule has 78 valence electrons. The maximum atomic E-state index is 5.48. The largest absolute Gasteiger partial charge is 0.370 e. The highest BCUT2D eigenvalue weighted by molar-refractivity contribution is 7.09. The molecule has 0 aliphatic heterocycles. The van der Waals surface area contributed by atoms with Crippen molar-refractivity contribution in [2.24, 2.45) is 0 Å². The number of nitrogens with zero attached hydrogens (tertiary/aromatic N) is 1. The molecule has 0 radical (unpaired) electrons. The van der Waals surface area contributed by atoms with Crippen molar-refractivity contribution in [2.75, 3.05) is 7.11 Å². The van der Waals surface area contributed by atoms with Crippen molar-refractivity contribution >= 4 is 11.3 Å². The number of rotatable bonds is 3. The Labute approximate surface area is 93.6 Å². The van der Waals surface area contributed by atoms with Gasteiger partial charge in [-0.25, -0.2) is 4.98 Å². The van der Waals surface area contributed by atoms with E-state index in [1.807, 2.05) is 30.5 Å². The van der Waals surface area contributed by atoms with Gasteiger partial charge in [-0.05, 0) is 12.5 Å². The van der Waals surface area contributed by atoms with Crippen molar-refractivity contribution in [3.05, 3.63) is 52.0 Å². The van der Waals surface area contributed by atoms with Crippen LogP contribution >= 0.6 is 11.3 Å². The van der Waals surface area contributed by atoms with Gasteiger partial charge in [-0.3, -0.25) is 0 Å². The Kier molecular flexibility index (Phi) is 3.14. The van der Waals surface area contributed by atoms with Gasteiger partial charge < -0.3 is 4.74 Å². The maximum Gasteiger partial charge on any atom is 0.134 e. The molecular formula is C12H13NOS. The summed E-state index contributed by atoms with van der Waals surface area (Å²) in [6, 6.07) is 10.2. The summed E-state index contributed by atoms with van der Waals surface area (Å²) in [4.78, 5) is 4.45. The fourth-order valence-corrected chi connectivity index (χ4v) is 2.40. The minimum atomic E-state index is -0.0371. The zero-order chi connectivity index (χ0) is 10.7. The summed E-state index contributed by atoms with van der Waals surface area (Å²) in [5.41, 5.74) is 2.20. The lowest BCUT2D eigenvalue weighted by Gasteiger charge is -2.12. The van der Waals surface area contributed by atoms with E-state index >= 15 is 0 Å². The van der Waals surface area contributed by atoms with Gasteiger partial charge in [0.05, 0.1) is 0 Å². The molecule has 1 aromatic carbocycles. The fourth-order valence-electron chi connectivity index (χ4n) is 1.50. The predicted octanol–water partition coefficient (Wildman–Crippen LogP) is 3.19. The summed E-state index contributed by atoms with van der Waals surface area (Å²) in [6.45, 7) is 2.00. The van der Waals surface area contributed by atoms with Crippen LogP contribution in [0.3, 0.4) is 0 Å². The van der Waals surface area contributed by atoms with Crippen LogP contribution in [0.2, 0.25) is 0 Å². The van der Waals surface area contributed by atoms with Crippen molar-refractivity contribution in [3.63, 3.8) is 0 Å². The molecule has 1 atom stereocenters. The first-order valence-corrected chi connectivity index (χ1v) is 5.69. The van der Waals surface area contributed by atoms with Crippen molar-refractivity contribution in [1.29, 1.82) is 0 Å². The quantitative estimate of drug-likeness (QED) is 0.791. The third-order valence-electron chi connectivity index (χ3n) is 2.20. The van der Waals surface area contributed by atoms with Crippen LogP contribution in [0, 0.1) is 6.92 Å². The molecule has 0 bridgehead atoms. The maximum absolute atomic E-state index is 5.48. The minimum absolute atomic E-state index is 0.0371. The Hall–Kier alpha value is -1.19. The normalized spacial score (nSPS) is 12.7. The van der Waals surface area contributed by atoms with Crippen molar-refractivity contribution in [2.45, 2.75) is 13.0 Å². The number of benzene rings is 1. The van der Waals surface area contributed by atoms with Crippen LogP contribution < -0.4 is 0 Å². The van der Waals surface area contributed by atoms with Crippen LogP contribution in [0.15, 0.2) is 35.7 Å². The fraction of sp³-hybridized carbons (Fsp3) is 0.250. The second-order valence-corrected chi connectivity index (χ2v) is 4.24. The average molecular weight is 219 g/mol. The number of aryl methyl sites for hydroxylation is 1. The second kappa shape index (κ2) is 4.55. The number of ether oxygens (including phenoxy) is 1. The van der Waals surface area contributed by atoms with Crippen LogP contribution in [0.5, 0.6) is 0 Å². The summed E-state index contributed by atoms with van der Waals surface area (Å²) < 4.78 is 5.48. The summed E-state index contributed by atoms with van der Waals surface area (Å²) >= 11 is 1.64. The first-order valence-electron chi connectivity index (χ1n) is 4.81. The smallest absolute Gasteiger partial charge is 0.134 e. The third kappa shape index (κ3) is 2.25. The number of hydrogen-bond acceptors (Lipinski definition) is 3. The summed E-state index contributed by atoms with van der Waals surface area (Å²) in [7, 11) is 1.72. The van der Waals surface area contributed by atoms with E-state index in [2.05, 4.69) is 17.1 Å². The molecule has 3 heteroatoms. The van der Waals surface area contributed by atoms with Crippen molar-refractivity contribution in [3.8, 4) is 0 Å². The van der Waals surface area contributed by atoms with Gasteiger partial charge >= 0.3 is 0 Å². The molecule has 0 fully saturated rings. The lowest BCUT2D eigenvalue weighted by Crippen LogP contribution is -2.02. The van der Waals surface area contributed by atoms with Crippen LogP contribution in [0.4, 0.5) is 0 Å². The van der Waals surface area contributed by atoms with E-state index in [1.54, 1.807) is 18.4 Å². The molecule has 2 aromatic rings. The molecular weight excluding hydrogens is 206 g/mol. The number of hydrogen-bond donors (Lipinski definition) is 0. The molecule has 2 nitrogen and oxygen atoms in total. The van der Waals surface area contributed by atoms with E-state index in [1.165, 1.54) is 0 Å². The molecule has 0 amide bonds. The van der Waals surface area contributed by atoms with Gasteiger partial charge in [0.15, 0.2) is 0 Å². The number of thiazole rings is 1. The first-order chi connectivity index (χ1) is 7.31. The molecule has 0 saturated heterocycles. The number of methoxy groups -OCH3 is 1. The summed E-state index contributed by atoms with van der Waals surface area (Å²) in [5.74, 6) is 0. The Morgan fingerprint density at radius 1 is 1.27 bits per heavy atom. The van der Waals surface area contributed by atoms with Crippen LogP contribution in [-0.4, -0.2) is 12.1 Å². The van der Waals surface area contributed by atoms with Gasteiger partial charge in [0.1, 0.15) is 11.1 Å². The van der Waals surface area contributed by atoms with Gasteiger partial charge in [0.2, 0.25) is 0 Å².